The van der Waals surface area contributed by atoms with Crippen LogP contribution in [0.3, 0.4) is 0 Å². The summed E-state index contributed by atoms with van der Waals surface area (Å²) in [7, 11) is 0. The molecule has 0 saturated carbocycles. The van der Waals surface area contributed by atoms with Crippen molar-refractivity contribution in [3.05, 3.63) is 57.6 Å². The summed E-state index contributed by atoms with van der Waals surface area (Å²) >= 11 is 6.47. The monoisotopic (exact) mass is 415 g/mol. The van der Waals surface area contributed by atoms with Crippen LogP contribution in [0.1, 0.15) is 47.8 Å². The van der Waals surface area contributed by atoms with E-state index in [2.05, 4.69) is 10.6 Å². The molecule has 7 nitrogen and oxygen atoms in total. The Kier molecular flexibility index (Phi) is 7.23. The maximum atomic E-state index is 12.1. The van der Waals surface area contributed by atoms with E-state index in [4.69, 9.17) is 28.5 Å². The second-order valence-corrected chi connectivity index (χ2v) is 7.39. The topological polar surface area (TPSA) is 134 Å². The molecule has 0 heterocycles. The van der Waals surface area contributed by atoms with Gasteiger partial charge >= 0.3 is 0 Å². The van der Waals surface area contributed by atoms with Crippen LogP contribution in [0.4, 0.5) is 11.4 Å². The molecule has 29 heavy (non-hydrogen) atoms. The normalized spacial score (nSPS) is 10.7. The van der Waals surface area contributed by atoms with Crippen LogP contribution in [0.15, 0.2) is 30.3 Å². The highest BCUT2D eigenvalue weighted by Crippen LogP contribution is 2.30. The van der Waals surface area contributed by atoms with Crippen molar-refractivity contribution in [2.45, 2.75) is 27.2 Å². The Morgan fingerprint density at radius 1 is 1.17 bits per heavy atom. The standard InChI is InChI=1S/C21H26ClN5O2/c1-4-26-18-8-13(19(23)24)6-5-12(18)7-15-16(20(25)28)9-14(10-17(15)22)27-21(29)11(2)3/h5-6,8-11,26H,4,7H2,1-3H3,(H3,23,24)(H2,25,28)(H,27,29). The lowest BCUT2D eigenvalue weighted by Gasteiger charge is -2.17. The Balaban J connectivity index is 2.48. The van der Waals surface area contributed by atoms with Crippen LogP contribution in [-0.2, 0) is 11.2 Å². The van der Waals surface area contributed by atoms with E-state index in [1.54, 1.807) is 38.1 Å². The molecule has 2 rings (SSSR count). The van der Waals surface area contributed by atoms with Crippen molar-refractivity contribution < 1.29 is 9.59 Å². The summed E-state index contributed by atoms with van der Waals surface area (Å²) in [5.41, 5.74) is 14.7. The number of anilines is 2. The van der Waals surface area contributed by atoms with Crippen LogP contribution in [-0.4, -0.2) is 24.2 Å². The van der Waals surface area contributed by atoms with E-state index < -0.39 is 5.91 Å². The molecule has 0 spiro atoms. The number of amidine groups is 1. The molecular formula is C21H26ClN5O2. The van der Waals surface area contributed by atoms with Gasteiger partial charge in [-0.25, -0.2) is 0 Å². The molecule has 2 amide bonds. The van der Waals surface area contributed by atoms with Crippen LogP contribution in [0.25, 0.3) is 0 Å². The first kappa shape index (κ1) is 22.2. The summed E-state index contributed by atoms with van der Waals surface area (Å²) in [5, 5.41) is 13.9. The number of hydrogen-bond donors (Lipinski definition) is 5. The van der Waals surface area contributed by atoms with Gasteiger partial charge in [0.05, 0.1) is 0 Å². The van der Waals surface area contributed by atoms with E-state index >= 15 is 0 Å². The number of amides is 2. The number of rotatable bonds is 8. The smallest absolute Gasteiger partial charge is 0.249 e. The van der Waals surface area contributed by atoms with Crippen LogP contribution in [0.5, 0.6) is 0 Å². The molecule has 0 atom stereocenters. The van der Waals surface area contributed by atoms with E-state index in [9.17, 15) is 9.59 Å². The van der Waals surface area contributed by atoms with E-state index in [1.165, 1.54) is 0 Å². The minimum absolute atomic E-state index is 0.0307. The van der Waals surface area contributed by atoms with Crippen molar-refractivity contribution in [2.24, 2.45) is 17.4 Å². The van der Waals surface area contributed by atoms with Crippen LogP contribution < -0.4 is 22.1 Å². The van der Waals surface area contributed by atoms with Crippen molar-refractivity contribution in [3.8, 4) is 0 Å². The lowest BCUT2D eigenvalue weighted by molar-refractivity contribution is -0.118. The second-order valence-electron chi connectivity index (χ2n) is 6.99. The molecule has 0 aliphatic heterocycles. The molecule has 0 aromatic heterocycles. The molecule has 0 bridgehead atoms. The molecule has 2 aromatic carbocycles. The number of halogens is 1. The fourth-order valence-electron chi connectivity index (χ4n) is 2.84. The van der Waals surface area contributed by atoms with Gasteiger partial charge in [0.15, 0.2) is 0 Å². The van der Waals surface area contributed by atoms with Crippen LogP contribution in [0, 0.1) is 11.3 Å². The van der Waals surface area contributed by atoms with Crippen molar-refractivity contribution >= 4 is 40.6 Å². The minimum atomic E-state index is -0.632. The number of carbonyl (C=O) groups is 2. The SMILES string of the molecule is CCNc1cc(C(=N)N)ccc1Cc1c(Cl)cc(NC(=O)C(C)C)cc1C(N)=O. The number of hydrogen-bond acceptors (Lipinski definition) is 4. The molecule has 0 saturated heterocycles. The molecule has 0 radical (unpaired) electrons. The predicted octanol–water partition coefficient (Wildman–Crippen LogP) is 3.34. The third kappa shape index (κ3) is 5.48. The number of nitrogens with one attached hydrogen (secondary N) is 3. The predicted molar refractivity (Wildman–Crippen MR) is 118 cm³/mol. The fraction of sp³-hybridized carbons (Fsp3) is 0.286. The summed E-state index contributed by atoms with van der Waals surface area (Å²) in [6.07, 6.45) is 0.343. The second kappa shape index (κ2) is 9.43. The molecule has 2 aromatic rings. The van der Waals surface area contributed by atoms with Crippen LogP contribution >= 0.6 is 11.6 Å². The maximum absolute atomic E-state index is 12.1. The molecule has 0 aliphatic carbocycles. The summed E-state index contributed by atoms with van der Waals surface area (Å²) in [4.78, 5) is 24.1. The van der Waals surface area contributed by atoms with Gasteiger partial charge in [0.2, 0.25) is 11.8 Å². The summed E-state index contributed by atoms with van der Waals surface area (Å²) in [6, 6.07) is 8.52. The number of nitrogens with two attached hydrogens (primary N) is 2. The van der Waals surface area contributed by atoms with Crippen molar-refractivity contribution in [1.29, 1.82) is 5.41 Å². The Morgan fingerprint density at radius 3 is 2.41 bits per heavy atom. The highest BCUT2D eigenvalue weighted by Gasteiger charge is 2.18. The molecule has 0 unspecified atom stereocenters. The van der Waals surface area contributed by atoms with Gasteiger partial charge in [0.1, 0.15) is 5.84 Å². The number of primary amides is 1. The first-order valence-electron chi connectivity index (χ1n) is 9.28. The largest absolute Gasteiger partial charge is 0.385 e. The molecular weight excluding hydrogens is 390 g/mol. The lowest BCUT2D eigenvalue weighted by atomic mass is 9.96. The maximum Gasteiger partial charge on any atom is 0.249 e. The molecule has 0 fully saturated rings. The van der Waals surface area contributed by atoms with Gasteiger partial charge in [-0.05, 0) is 36.2 Å². The van der Waals surface area contributed by atoms with E-state index in [1.807, 2.05) is 13.0 Å². The van der Waals surface area contributed by atoms with Gasteiger partial charge in [-0.3, -0.25) is 15.0 Å². The third-order valence-corrected chi connectivity index (χ3v) is 4.75. The Labute approximate surface area is 175 Å². The Bertz CT molecular complexity index is 956. The first-order valence-corrected chi connectivity index (χ1v) is 9.66. The van der Waals surface area contributed by atoms with E-state index in [-0.39, 0.29) is 23.2 Å². The van der Waals surface area contributed by atoms with E-state index in [0.717, 1.165) is 11.3 Å². The Hall–Kier alpha value is -3.06. The highest BCUT2D eigenvalue weighted by atomic mass is 35.5. The zero-order chi connectivity index (χ0) is 21.7. The zero-order valence-electron chi connectivity index (χ0n) is 16.7. The van der Waals surface area contributed by atoms with Crippen molar-refractivity contribution in [3.63, 3.8) is 0 Å². The quantitative estimate of drug-likeness (QED) is 0.334. The average Bonchev–Trinajstić information content (AvgIpc) is 2.64. The molecule has 8 heteroatoms. The fourth-order valence-corrected chi connectivity index (χ4v) is 3.12. The lowest BCUT2D eigenvalue weighted by Crippen LogP contribution is -2.20. The number of benzene rings is 2. The minimum Gasteiger partial charge on any atom is -0.385 e. The first-order chi connectivity index (χ1) is 13.6. The van der Waals surface area contributed by atoms with Crippen LogP contribution in [0.2, 0.25) is 5.02 Å². The van der Waals surface area contributed by atoms with Gasteiger partial charge in [-0.15, -0.1) is 0 Å². The van der Waals surface area contributed by atoms with Crippen molar-refractivity contribution in [1.82, 2.24) is 0 Å². The molecule has 7 N–H and O–H groups in total. The highest BCUT2D eigenvalue weighted by molar-refractivity contribution is 6.32. The number of carbonyl (C=O) groups excluding carboxylic acids is 2. The van der Waals surface area contributed by atoms with Gasteiger partial charge in [-0.1, -0.05) is 37.6 Å². The van der Waals surface area contributed by atoms with Gasteiger partial charge in [0.25, 0.3) is 0 Å². The summed E-state index contributed by atoms with van der Waals surface area (Å²) in [5.74, 6) is -1.06. The van der Waals surface area contributed by atoms with Crippen molar-refractivity contribution in [2.75, 3.05) is 17.2 Å². The molecule has 0 aliphatic rings. The number of nitrogen functional groups attached to an aromatic ring is 1. The van der Waals surface area contributed by atoms with E-state index in [0.29, 0.717) is 34.8 Å². The zero-order valence-corrected chi connectivity index (χ0v) is 17.5. The van der Waals surface area contributed by atoms with Gasteiger partial charge in [-0.2, -0.15) is 0 Å². The van der Waals surface area contributed by atoms with Gasteiger partial charge < -0.3 is 22.1 Å². The molecule has 154 valence electrons. The average molecular weight is 416 g/mol. The Morgan fingerprint density at radius 2 is 1.86 bits per heavy atom. The van der Waals surface area contributed by atoms with Gasteiger partial charge in [0, 0.05) is 46.4 Å². The summed E-state index contributed by atoms with van der Waals surface area (Å²) in [6.45, 7) is 6.17. The third-order valence-electron chi connectivity index (χ3n) is 4.41. The summed E-state index contributed by atoms with van der Waals surface area (Å²) < 4.78 is 0.